The second-order valence-electron chi connectivity index (χ2n) is 9.16. The van der Waals surface area contributed by atoms with Crippen molar-refractivity contribution in [1.29, 1.82) is 0 Å². The van der Waals surface area contributed by atoms with Crippen LogP contribution in [0.25, 0.3) is 5.65 Å². The van der Waals surface area contributed by atoms with Crippen molar-refractivity contribution in [2.45, 2.75) is 49.5 Å². The zero-order valence-corrected chi connectivity index (χ0v) is 19.9. The fraction of sp³-hybridized carbons (Fsp3) is 0.478. The first-order chi connectivity index (χ1) is 17.6. The summed E-state index contributed by atoms with van der Waals surface area (Å²) >= 11 is 0. The van der Waals surface area contributed by atoms with Crippen molar-refractivity contribution in [2.24, 2.45) is 0 Å². The summed E-state index contributed by atoms with van der Waals surface area (Å²) in [5, 5.41) is 22.3. The summed E-state index contributed by atoms with van der Waals surface area (Å²) in [6.45, 7) is 1.15. The summed E-state index contributed by atoms with van der Waals surface area (Å²) in [6.07, 6.45) is -1.03. The number of aromatic nitrogens is 4. The number of carbonyl (C=O) groups is 1. The molecule has 1 saturated heterocycles. The Morgan fingerprint density at radius 3 is 2.68 bits per heavy atom. The number of pyridine rings is 1. The fourth-order valence-electron chi connectivity index (χ4n) is 4.69. The van der Waals surface area contributed by atoms with E-state index in [1.807, 2.05) is 0 Å². The first-order valence-corrected chi connectivity index (χ1v) is 11.8. The molecule has 3 aromatic heterocycles. The maximum absolute atomic E-state index is 13.2. The molecule has 2 unspecified atom stereocenters. The Kier molecular flexibility index (Phi) is 6.31. The van der Waals surface area contributed by atoms with Gasteiger partial charge >= 0.3 is 6.18 Å². The molecule has 0 aromatic carbocycles. The SMILES string of the molecule is CNc1cc(Nc2cccn(C3CCOCC3)c2=O)nc2c(C(=O)NC3CCC3(O)C(F)(F)F)cnn12. The van der Waals surface area contributed by atoms with E-state index in [0.717, 1.165) is 12.8 Å². The summed E-state index contributed by atoms with van der Waals surface area (Å²) in [6, 6.07) is 3.48. The Labute approximate surface area is 208 Å². The molecule has 2 aliphatic rings. The molecule has 4 heterocycles. The quantitative estimate of drug-likeness (QED) is 0.388. The molecule has 3 aromatic rings. The molecule has 11 nitrogen and oxygen atoms in total. The van der Waals surface area contributed by atoms with Crippen LogP contribution in [0, 0.1) is 0 Å². The largest absolute Gasteiger partial charge is 0.419 e. The van der Waals surface area contributed by atoms with Crippen LogP contribution in [0.4, 0.5) is 30.5 Å². The van der Waals surface area contributed by atoms with E-state index in [2.05, 4.69) is 26.0 Å². The van der Waals surface area contributed by atoms with Crippen LogP contribution in [-0.4, -0.2) is 68.3 Å². The molecule has 2 fully saturated rings. The third kappa shape index (κ3) is 4.39. The molecule has 5 rings (SSSR count). The van der Waals surface area contributed by atoms with Crippen molar-refractivity contribution in [1.82, 2.24) is 24.5 Å². The molecule has 1 aliphatic carbocycles. The van der Waals surface area contributed by atoms with Gasteiger partial charge in [0.05, 0.1) is 12.2 Å². The van der Waals surface area contributed by atoms with E-state index < -0.39 is 30.1 Å². The van der Waals surface area contributed by atoms with Gasteiger partial charge in [0, 0.05) is 38.6 Å². The van der Waals surface area contributed by atoms with Crippen LogP contribution in [0.3, 0.4) is 0 Å². The van der Waals surface area contributed by atoms with E-state index in [9.17, 15) is 27.9 Å². The van der Waals surface area contributed by atoms with Crippen molar-refractivity contribution in [2.75, 3.05) is 30.9 Å². The Bertz CT molecular complexity index is 1380. The Morgan fingerprint density at radius 2 is 2.03 bits per heavy atom. The maximum atomic E-state index is 13.2. The second-order valence-corrected chi connectivity index (χ2v) is 9.16. The van der Waals surface area contributed by atoms with Crippen LogP contribution in [0.2, 0.25) is 0 Å². The molecule has 198 valence electrons. The lowest BCUT2D eigenvalue weighted by atomic mass is 9.74. The Morgan fingerprint density at radius 1 is 1.27 bits per heavy atom. The van der Waals surface area contributed by atoms with Crippen LogP contribution < -0.4 is 21.5 Å². The second kappa shape index (κ2) is 9.34. The summed E-state index contributed by atoms with van der Waals surface area (Å²) in [5.41, 5.74) is -2.97. The number of halogens is 3. The van der Waals surface area contributed by atoms with Crippen molar-refractivity contribution in [3.63, 3.8) is 0 Å². The average molecular weight is 522 g/mol. The van der Waals surface area contributed by atoms with Crippen LogP contribution in [0.5, 0.6) is 0 Å². The van der Waals surface area contributed by atoms with Gasteiger partial charge in [0.1, 0.15) is 22.9 Å². The van der Waals surface area contributed by atoms with Gasteiger partial charge in [0.15, 0.2) is 11.2 Å². The van der Waals surface area contributed by atoms with Crippen LogP contribution in [0.15, 0.2) is 35.4 Å². The highest BCUT2D eigenvalue weighted by atomic mass is 19.4. The van der Waals surface area contributed by atoms with Gasteiger partial charge in [-0.15, -0.1) is 0 Å². The number of hydrogen-bond donors (Lipinski definition) is 4. The van der Waals surface area contributed by atoms with Gasteiger partial charge in [0.25, 0.3) is 11.5 Å². The van der Waals surface area contributed by atoms with Crippen LogP contribution in [-0.2, 0) is 4.74 Å². The lowest BCUT2D eigenvalue weighted by Gasteiger charge is -2.46. The van der Waals surface area contributed by atoms with Gasteiger partial charge in [-0.2, -0.15) is 22.8 Å². The van der Waals surface area contributed by atoms with Crippen molar-refractivity contribution >= 4 is 28.9 Å². The molecule has 1 aliphatic heterocycles. The van der Waals surface area contributed by atoms with Crippen molar-refractivity contribution in [3.05, 3.63) is 46.5 Å². The van der Waals surface area contributed by atoms with Crippen molar-refractivity contribution < 1.29 is 27.8 Å². The predicted octanol–water partition coefficient (Wildman–Crippen LogP) is 2.21. The van der Waals surface area contributed by atoms with Gasteiger partial charge in [-0.1, -0.05) is 0 Å². The smallest absolute Gasteiger partial charge is 0.381 e. The number of alkyl halides is 3. The minimum absolute atomic E-state index is 0.0123. The zero-order valence-electron chi connectivity index (χ0n) is 19.9. The molecular formula is C23H26F3N7O4. The van der Waals surface area contributed by atoms with Crippen LogP contribution >= 0.6 is 0 Å². The van der Waals surface area contributed by atoms with E-state index in [0.29, 0.717) is 19.0 Å². The highest BCUT2D eigenvalue weighted by Crippen LogP contribution is 2.45. The Hall–Kier alpha value is -3.65. The summed E-state index contributed by atoms with van der Waals surface area (Å²) in [4.78, 5) is 30.4. The summed E-state index contributed by atoms with van der Waals surface area (Å²) in [7, 11) is 1.62. The number of aliphatic hydroxyl groups is 1. The molecule has 2 atom stereocenters. The highest BCUT2D eigenvalue weighted by Gasteiger charge is 2.64. The van der Waals surface area contributed by atoms with Gasteiger partial charge < -0.3 is 30.4 Å². The third-order valence-corrected chi connectivity index (χ3v) is 6.98. The number of hydrogen-bond acceptors (Lipinski definition) is 8. The molecule has 37 heavy (non-hydrogen) atoms. The van der Waals surface area contributed by atoms with E-state index in [1.165, 1.54) is 10.7 Å². The molecule has 1 saturated carbocycles. The first-order valence-electron chi connectivity index (χ1n) is 11.8. The topological polar surface area (TPSA) is 135 Å². The number of amides is 1. The number of carbonyl (C=O) groups excluding carboxylic acids is 1. The van der Waals surface area contributed by atoms with Gasteiger partial charge in [0.2, 0.25) is 0 Å². The molecule has 14 heteroatoms. The normalized spacial score (nSPS) is 22.5. The van der Waals surface area contributed by atoms with Gasteiger partial charge in [-0.25, -0.2) is 4.98 Å². The zero-order chi connectivity index (χ0) is 26.4. The number of rotatable bonds is 6. The van der Waals surface area contributed by atoms with Gasteiger partial charge in [-0.05, 0) is 37.8 Å². The third-order valence-electron chi connectivity index (χ3n) is 6.98. The van der Waals surface area contributed by atoms with Crippen molar-refractivity contribution in [3.8, 4) is 0 Å². The van der Waals surface area contributed by atoms with Crippen LogP contribution in [0.1, 0.15) is 42.1 Å². The Balaban J connectivity index is 1.44. The molecule has 1 amide bonds. The first kappa shape index (κ1) is 25.0. The van der Waals surface area contributed by atoms with E-state index in [1.54, 1.807) is 36.0 Å². The molecule has 0 radical (unpaired) electrons. The minimum Gasteiger partial charge on any atom is -0.381 e. The molecule has 0 bridgehead atoms. The number of nitrogens with one attached hydrogen (secondary N) is 3. The molecule has 4 N–H and O–H groups in total. The molecular weight excluding hydrogens is 495 g/mol. The fourth-order valence-corrected chi connectivity index (χ4v) is 4.69. The number of fused-ring (bicyclic) bond motifs is 1. The standard InChI is InChI=1S/C23H26F3N7O4/c1-27-18-11-17(29-15-3-2-8-32(21(15)35)13-5-9-37-10-6-13)31-19-14(12-28-33(18)19)20(34)30-16-4-7-22(16,36)23(24,25)26/h2-3,8,11-13,16,27,36H,4-7,9-10H2,1H3,(H,29,31)(H,30,34). The maximum Gasteiger partial charge on any atom is 0.419 e. The highest BCUT2D eigenvalue weighted by molar-refractivity contribution is 6.00. The monoisotopic (exact) mass is 521 g/mol. The lowest BCUT2D eigenvalue weighted by molar-refractivity contribution is -0.296. The average Bonchev–Trinajstić information content (AvgIpc) is 3.31. The number of ether oxygens (including phenoxy) is 1. The molecule has 0 spiro atoms. The minimum atomic E-state index is -4.87. The summed E-state index contributed by atoms with van der Waals surface area (Å²) in [5.74, 6) is -0.206. The number of nitrogens with zero attached hydrogens (tertiary/aromatic N) is 4. The predicted molar refractivity (Wildman–Crippen MR) is 127 cm³/mol. The number of anilines is 3. The van der Waals surface area contributed by atoms with E-state index in [-0.39, 0.29) is 40.7 Å². The lowest BCUT2D eigenvalue weighted by Crippen LogP contribution is -2.67. The van der Waals surface area contributed by atoms with Gasteiger partial charge in [-0.3, -0.25) is 9.59 Å². The van der Waals surface area contributed by atoms with E-state index in [4.69, 9.17) is 4.74 Å². The van der Waals surface area contributed by atoms with E-state index >= 15 is 0 Å². The summed E-state index contributed by atoms with van der Waals surface area (Å²) < 4.78 is 48.1.